The Morgan fingerprint density at radius 3 is 2.52 bits per heavy atom. The second-order valence-electron chi connectivity index (χ2n) is 3.83. The first-order valence-electron chi connectivity index (χ1n) is 5.41. The smallest absolute Gasteiger partial charge is 0.405 e. The number of alkyl halides is 3. The fourth-order valence-corrected chi connectivity index (χ4v) is 1.37. The molecule has 7 nitrogen and oxygen atoms in total. The summed E-state index contributed by atoms with van der Waals surface area (Å²) in [6, 6.07) is 3.23. The predicted molar refractivity (Wildman–Crippen MR) is 62.3 cm³/mol. The fourth-order valence-electron chi connectivity index (χ4n) is 1.37. The van der Waals surface area contributed by atoms with E-state index < -0.39 is 41.0 Å². The van der Waals surface area contributed by atoms with Crippen LogP contribution in [0.2, 0.25) is 0 Å². The predicted octanol–water partition coefficient (Wildman–Crippen LogP) is 2.25. The van der Waals surface area contributed by atoms with Gasteiger partial charge in [-0.2, -0.15) is 13.2 Å². The molecule has 0 bridgehead atoms. The van der Waals surface area contributed by atoms with E-state index in [0.29, 0.717) is 0 Å². The van der Waals surface area contributed by atoms with Crippen molar-refractivity contribution in [1.82, 2.24) is 0 Å². The average molecular weight is 309 g/mol. The lowest BCUT2D eigenvalue weighted by Crippen LogP contribution is -2.35. The molecular formula is C11H10F3NO6. The van der Waals surface area contributed by atoms with Crippen molar-refractivity contribution in [3.05, 3.63) is 28.3 Å². The van der Waals surface area contributed by atoms with Gasteiger partial charge in [0.2, 0.25) is 0 Å². The van der Waals surface area contributed by atoms with Gasteiger partial charge < -0.3 is 14.6 Å². The summed E-state index contributed by atoms with van der Waals surface area (Å²) in [6.07, 6.45) is -5.02. The second-order valence-corrected chi connectivity index (χ2v) is 3.83. The molecule has 0 aromatic heterocycles. The Morgan fingerprint density at radius 2 is 2.10 bits per heavy atom. The van der Waals surface area contributed by atoms with E-state index in [1.165, 1.54) is 13.2 Å². The van der Waals surface area contributed by atoms with Crippen molar-refractivity contribution in [3.8, 4) is 11.5 Å². The highest BCUT2D eigenvalue weighted by atomic mass is 19.4. The molecule has 0 amide bonds. The van der Waals surface area contributed by atoms with Crippen LogP contribution >= 0.6 is 0 Å². The van der Waals surface area contributed by atoms with E-state index in [1.54, 1.807) is 0 Å². The molecule has 1 aromatic rings. The van der Waals surface area contributed by atoms with Gasteiger partial charge in [0.25, 0.3) is 0 Å². The Bertz CT molecular complexity index is 545. The van der Waals surface area contributed by atoms with Gasteiger partial charge in [-0.15, -0.1) is 0 Å². The Hall–Kier alpha value is -2.52. The Kier molecular flexibility index (Phi) is 4.95. The number of carboxylic acid groups (broad SMARTS) is 1. The van der Waals surface area contributed by atoms with Crippen molar-refractivity contribution in [2.45, 2.75) is 6.18 Å². The van der Waals surface area contributed by atoms with E-state index in [-0.39, 0.29) is 5.75 Å². The largest absolute Gasteiger partial charge is 0.496 e. The van der Waals surface area contributed by atoms with Crippen LogP contribution in [0.4, 0.5) is 18.9 Å². The summed E-state index contributed by atoms with van der Waals surface area (Å²) in [6.45, 7) is -1.27. The van der Waals surface area contributed by atoms with E-state index in [1.807, 2.05) is 0 Å². The third-order valence-electron chi connectivity index (χ3n) is 2.46. The zero-order valence-electron chi connectivity index (χ0n) is 10.6. The molecule has 0 heterocycles. The molecule has 1 N–H and O–H groups in total. The number of carboxylic acids is 1. The number of carbonyl (C=O) groups is 1. The van der Waals surface area contributed by atoms with Gasteiger partial charge in [-0.05, 0) is 12.1 Å². The van der Waals surface area contributed by atoms with Gasteiger partial charge in [-0.1, -0.05) is 0 Å². The van der Waals surface area contributed by atoms with E-state index >= 15 is 0 Å². The SMILES string of the molecule is COc1ccc(OCC(C(=O)O)C(F)(F)F)c([N+](=O)[O-])c1. The molecule has 0 fully saturated rings. The summed E-state index contributed by atoms with van der Waals surface area (Å²) < 4.78 is 46.7. The molecular weight excluding hydrogens is 299 g/mol. The molecule has 10 heteroatoms. The van der Waals surface area contributed by atoms with Gasteiger partial charge in [0.15, 0.2) is 11.7 Å². The molecule has 1 unspecified atom stereocenters. The molecule has 0 saturated heterocycles. The highest BCUT2D eigenvalue weighted by Gasteiger charge is 2.46. The quantitative estimate of drug-likeness (QED) is 0.639. The number of nitro benzene ring substituents is 1. The number of benzene rings is 1. The molecule has 1 rings (SSSR count). The van der Waals surface area contributed by atoms with E-state index in [0.717, 1.165) is 12.1 Å². The third kappa shape index (κ3) is 4.23. The van der Waals surface area contributed by atoms with Gasteiger partial charge in [0.05, 0.1) is 18.1 Å². The molecule has 0 aliphatic carbocycles. The van der Waals surface area contributed by atoms with Crippen LogP contribution in [0.15, 0.2) is 18.2 Å². The lowest BCUT2D eigenvalue weighted by Gasteiger charge is -2.16. The monoisotopic (exact) mass is 309 g/mol. The summed E-state index contributed by atoms with van der Waals surface area (Å²) in [7, 11) is 1.25. The summed E-state index contributed by atoms with van der Waals surface area (Å²) in [5.41, 5.74) is -0.624. The zero-order valence-corrected chi connectivity index (χ0v) is 10.6. The number of hydrogen-bond donors (Lipinski definition) is 1. The molecule has 21 heavy (non-hydrogen) atoms. The number of rotatable bonds is 6. The molecule has 0 radical (unpaired) electrons. The molecule has 0 saturated carbocycles. The summed E-state index contributed by atoms with van der Waals surface area (Å²) in [5.74, 6) is -5.27. The van der Waals surface area contributed by atoms with Crippen LogP contribution in [-0.2, 0) is 4.79 Å². The first kappa shape index (κ1) is 16.5. The van der Waals surface area contributed by atoms with Crippen LogP contribution in [0.25, 0.3) is 0 Å². The summed E-state index contributed by atoms with van der Waals surface area (Å²) in [5, 5.41) is 19.3. The highest BCUT2D eigenvalue weighted by Crippen LogP contribution is 2.33. The lowest BCUT2D eigenvalue weighted by molar-refractivity contribution is -0.386. The minimum Gasteiger partial charge on any atom is -0.496 e. The number of halogens is 3. The Balaban J connectivity index is 2.97. The molecule has 1 atom stereocenters. The lowest BCUT2D eigenvalue weighted by atomic mass is 10.1. The van der Waals surface area contributed by atoms with Crippen molar-refractivity contribution in [3.63, 3.8) is 0 Å². The minimum absolute atomic E-state index is 0.111. The average Bonchev–Trinajstić information content (AvgIpc) is 2.36. The number of aliphatic carboxylic acids is 1. The van der Waals surface area contributed by atoms with E-state index in [4.69, 9.17) is 9.84 Å². The standard InChI is InChI=1S/C11H10F3NO6/c1-20-6-2-3-9(8(4-6)15(18)19)21-5-7(10(16)17)11(12,13)14/h2-4,7H,5H2,1H3,(H,16,17). The molecule has 0 spiro atoms. The van der Waals surface area contributed by atoms with E-state index in [9.17, 15) is 28.1 Å². The first-order valence-corrected chi connectivity index (χ1v) is 5.41. The van der Waals surface area contributed by atoms with Crippen molar-refractivity contribution in [2.24, 2.45) is 5.92 Å². The van der Waals surface area contributed by atoms with Gasteiger partial charge in [-0.25, -0.2) is 0 Å². The maximum atomic E-state index is 12.4. The normalized spacial score (nSPS) is 12.6. The topological polar surface area (TPSA) is 98.9 Å². The maximum absolute atomic E-state index is 12.4. The number of nitrogens with zero attached hydrogens (tertiary/aromatic N) is 1. The second kappa shape index (κ2) is 6.29. The number of methoxy groups -OCH3 is 1. The maximum Gasteiger partial charge on any atom is 0.405 e. The van der Waals surface area contributed by atoms with Crippen molar-refractivity contribution < 1.29 is 37.5 Å². The Labute approximate surface area is 116 Å². The first-order chi connectivity index (χ1) is 9.66. The molecule has 1 aromatic carbocycles. The number of ether oxygens (including phenoxy) is 2. The fraction of sp³-hybridized carbons (Fsp3) is 0.364. The van der Waals surface area contributed by atoms with Crippen LogP contribution < -0.4 is 9.47 Å². The van der Waals surface area contributed by atoms with Crippen LogP contribution in [0.3, 0.4) is 0 Å². The highest BCUT2D eigenvalue weighted by molar-refractivity contribution is 5.71. The van der Waals surface area contributed by atoms with Gasteiger partial charge in [0.1, 0.15) is 12.4 Å². The third-order valence-corrected chi connectivity index (χ3v) is 2.46. The van der Waals surface area contributed by atoms with Crippen molar-refractivity contribution in [2.75, 3.05) is 13.7 Å². The number of nitro groups is 1. The molecule has 116 valence electrons. The van der Waals surface area contributed by atoms with E-state index in [2.05, 4.69) is 4.74 Å². The van der Waals surface area contributed by atoms with Crippen molar-refractivity contribution in [1.29, 1.82) is 0 Å². The summed E-state index contributed by atoms with van der Waals surface area (Å²) >= 11 is 0. The summed E-state index contributed by atoms with van der Waals surface area (Å²) in [4.78, 5) is 20.5. The minimum atomic E-state index is -5.02. The zero-order chi connectivity index (χ0) is 16.2. The Morgan fingerprint density at radius 1 is 1.48 bits per heavy atom. The van der Waals surface area contributed by atoms with Crippen LogP contribution in [0, 0.1) is 16.0 Å². The van der Waals surface area contributed by atoms with Crippen LogP contribution in [-0.4, -0.2) is 35.9 Å². The van der Waals surface area contributed by atoms with Crippen LogP contribution in [0.5, 0.6) is 11.5 Å². The van der Waals surface area contributed by atoms with Gasteiger partial charge >= 0.3 is 17.8 Å². The molecule has 0 aliphatic rings. The number of hydrogen-bond acceptors (Lipinski definition) is 5. The van der Waals surface area contributed by atoms with Gasteiger partial charge in [-0.3, -0.25) is 14.9 Å². The molecule has 0 aliphatic heterocycles. The van der Waals surface area contributed by atoms with Crippen LogP contribution in [0.1, 0.15) is 0 Å². The van der Waals surface area contributed by atoms with Gasteiger partial charge in [0, 0.05) is 0 Å². The van der Waals surface area contributed by atoms with Crippen molar-refractivity contribution >= 4 is 11.7 Å².